The van der Waals surface area contributed by atoms with Crippen LogP contribution in [0.2, 0.25) is 5.02 Å². The van der Waals surface area contributed by atoms with E-state index in [2.05, 4.69) is 15.4 Å². The van der Waals surface area contributed by atoms with E-state index in [1.54, 1.807) is 12.1 Å². The maximum atomic E-state index is 12.8. The van der Waals surface area contributed by atoms with Crippen LogP contribution >= 0.6 is 34.3 Å². The van der Waals surface area contributed by atoms with Gasteiger partial charge in [0.25, 0.3) is 5.56 Å². The summed E-state index contributed by atoms with van der Waals surface area (Å²) in [5, 5.41) is 10.5. The summed E-state index contributed by atoms with van der Waals surface area (Å²) in [6.45, 7) is 3.52. The van der Waals surface area contributed by atoms with Gasteiger partial charge in [0.2, 0.25) is 5.91 Å². The van der Waals surface area contributed by atoms with E-state index in [0.717, 1.165) is 20.1 Å². The number of aryl methyl sites for hydroxylation is 2. The minimum atomic E-state index is -0.378. The molecule has 3 heterocycles. The Labute approximate surface area is 173 Å². The lowest BCUT2D eigenvalue weighted by molar-refractivity contribution is -0.117. The molecule has 0 bridgehead atoms. The molecule has 9 heteroatoms. The number of hydrogen-bond donors (Lipinski definition) is 1. The molecule has 142 valence electrons. The first-order valence-corrected chi connectivity index (χ1v) is 10.5. The highest BCUT2D eigenvalue weighted by Crippen LogP contribution is 2.32. The molecule has 0 fully saturated rings. The standard InChI is InChI=1S/C19H15ClN4O2S2/c1-10-5-6-12(8-13(10)20)22-15(25)9-24-19(26)17-18(28-11(2)21-17)16(23-24)14-4-3-7-27-14/h3-8H,9H2,1-2H3,(H,22,25). The Hall–Kier alpha value is -2.55. The van der Waals surface area contributed by atoms with E-state index in [-0.39, 0.29) is 18.0 Å². The maximum absolute atomic E-state index is 12.8. The van der Waals surface area contributed by atoms with Crippen LogP contribution in [-0.2, 0) is 11.3 Å². The number of fused-ring (bicyclic) bond motifs is 1. The summed E-state index contributed by atoms with van der Waals surface area (Å²) >= 11 is 9.06. The van der Waals surface area contributed by atoms with Crippen molar-refractivity contribution in [1.29, 1.82) is 0 Å². The largest absolute Gasteiger partial charge is 0.324 e. The van der Waals surface area contributed by atoms with Crippen LogP contribution in [0.25, 0.3) is 20.8 Å². The van der Waals surface area contributed by atoms with Crippen LogP contribution in [0.3, 0.4) is 0 Å². The van der Waals surface area contributed by atoms with Gasteiger partial charge in [-0.15, -0.1) is 22.7 Å². The molecule has 4 rings (SSSR count). The minimum Gasteiger partial charge on any atom is -0.324 e. The first kappa shape index (κ1) is 18.8. The fourth-order valence-corrected chi connectivity index (χ4v) is 4.63. The van der Waals surface area contributed by atoms with Gasteiger partial charge in [-0.2, -0.15) is 5.10 Å². The number of thiophene rings is 1. The van der Waals surface area contributed by atoms with Crippen LogP contribution < -0.4 is 10.9 Å². The Balaban J connectivity index is 1.70. The summed E-state index contributed by atoms with van der Waals surface area (Å²) in [5.74, 6) is -0.363. The highest BCUT2D eigenvalue weighted by molar-refractivity contribution is 7.20. The Morgan fingerprint density at radius 2 is 2.11 bits per heavy atom. The Morgan fingerprint density at radius 1 is 1.29 bits per heavy atom. The molecule has 0 unspecified atom stereocenters. The zero-order chi connectivity index (χ0) is 19.8. The number of benzene rings is 1. The predicted octanol–water partition coefficient (Wildman–Crippen LogP) is 4.49. The predicted molar refractivity (Wildman–Crippen MR) is 115 cm³/mol. The van der Waals surface area contributed by atoms with Gasteiger partial charge in [0, 0.05) is 10.7 Å². The van der Waals surface area contributed by atoms with Gasteiger partial charge < -0.3 is 5.32 Å². The summed E-state index contributed by atoms with van der Waals surface area (Å²) in [4.78, 5) is 30.6. The van der Waals surface area contributed by atoms with E-state index in [1.165, 1.54) is 27.4 Å². The SMILES string of the molecule is Cc1nc2c(=O)n(CC(=O)Nc3ccc(C)c(Cl)c3)nc(-c3cccs3)c2s1. The molecule has 28 heavy (non-hydrogen) atoms. The second-order valence-corrected chi connectivity index (χ2v) is 8.77. The van der Waals surface area contributed by atoms with Gasteiger partial charge in [-0.3, -0.25) is 9.59 Å². The van der Waals surface area contributed by atoms with Crippen molar-refractivity contribution in [2.75, 3.05) is 5.32 Å². The van der Waals surface area contributed by atoms with Crippen molar-refractivity contribution in [3.63, 3.8) is 0 Å². The van der Waals surface area contributed by atoms with E-state index in [1.807, 2.05) is 37.4 Å². The lowest BCUT2D eigenvalue weighted by Crippen LogP contribution is -2.30. The van der Waals surface area contributed by atoms with Crippen LogP contribution in [0, 0.1) is 13.8 Å². The number of anilines is 1. The fourth-order valence-electron chi connectivity index (χ4n) is 2.76. The molecule has 0 spiro atoms. The fraction of sp³-hybridized carbons (Fsp3) is 0.158. The molecule has 3 aromatic heterocycles. The maximum Gasteiger partial charge on any atom is 0.294 e. The first-order valence-electron chi connectivity index (χ1n) is 8.40. The van der Waals surface area contributed by atoms with E-state index < -0.39 is 0 Å². The average molecular weight is 431 g/mol. The summed E-state index contributed by atoms with van der Waals surface area (Å²) in [7, 11) is 0. The number of carbonyl (C=O) groups excluding carboxylic acids is 1. The topological polar surface area (TPSA) is 76.9 Å². The molecule has 0 aliphatic carbocycles. The molecule has 0 aliphatic heterocycles. The van der Waals surface area contributed by atoms with Gasteiger partial charge in [0.1, 0.15) is 12.2 Å². The van der Waals surface area contributed by atoms with Gasteiger partial charge in [-0.05, 0) is 43.0 Å². The number of nitrogens with zero attached hydrogens (tertiary/aromatic N) is 3. The molecule has 1 N–H and O–H groups in total. The van der Waals surface area contributed by atoms with Gasteiger partial charge in [0.05, 0.1) is 14.6 Å². The smallest absolute Gasteiger partial charge is 0.294 e. The number of nitrogens with one attached hydrogen (secondary N) is 1. The number of rotatable bonds is 4. The van der Waals surface area contributed by atoms with Crippen molar-refractivity contribution in [3.8, 4) is 10.6 Å². The molecule has 1 amide bonds. The molecule has 0 saturated carbocycles. The average Bonchev–Trinajstić information content (AvgIpc) is 3.30. The van der Waals surface area contributed by atoms with Crippen molar-refractivity contribution >= 4 is 56.1 Å². The first-order chi connectivity index (χ1) is 13.4. The number of halogens is 1. The molecule has 4 aromatic rings. The van der Waals surface area contributed by atoms with E-state index in [4.69, 9.17) is 11.6 Å². The Bertz CT molecular complexity index is 1250. The van der Waals surface area contributed by atoms with Gasteiger partial charge in [0.15, 0.2) is 5.52 Å². The van der Waals surface area contributed by atoms with Crippen molar-refractivity contribution in [2.45, 2.75) is 20.4 Å². The van der Waals surface area contributed by atoms with Crippen LogP contribution in [0.4, 0.5) is 5.69 Å². The van der Waals surface area contributed by atoms with E-state index >= 15 is 0 Å². The molecule has 0 radical (unpaired) electrons. The highest BCUT2D eigenvalue weighted by Gasteiger charge is 2.18. The lowest BCUT2D eigenvalue weighted by atomic mass is 10.2. The minimum absolute atomic E-state index is 0.213. The summed E-state index contributed by atoms with van der Waals surface area (Å²) < 4.78 is 1.91. The van der Waals surface area contributed by atoms with Crippen LogP contribution in [-0.4, -0.2) is 20.7 Å². The number of thiazole rings is 1. The zero-order valence-electron chi connectivity index (χ0n) is 15.0. The zero-order valence-corrected chi connectivity index (χ0v) is 17.4. The highest BCUT2D eigenvalue weighted by atomic mass is 35.5. The molecule has 0 aliphatic rings. The van der Waals surface area contributed by atoms with Crippen LogP contribution in [0.5, 0.6) is 0 Å². The van der Waals surface area contributed by atoms with Crippen molar-refractivity contribution < 1.29 is 4.79 Å². The van der Waals surface area contributed by atoms with Crippen molar-refractivity contribution in [1.82, 2.24) is 14.8 Å². The van der Waals surface area contributed by atoms with Crippen LogP contribution in [0.15, 0.2) is 40.5 Å². The van der Waals surface area contributed by atoms with Crippen LogP contribution in [0.1, 0.15) is 10.6 Å². The Morgan fingerprint density at radius 3 is 2.82 bits per heavy atom. The molecule has 6 nitrogen and oxygen atoms in total. The molecule has 0 saturated heterocycles. The van der Waals surface area contributed by atoms with Crippen molar-refractivity contribution in [2.24, 2.45) is 0 Å². The summed E-state index contributed by atoms with van der Waals surface area (Å²) in [5.41, 5.74) is 2.12. The number of aromatic nitrogens is 3. The summed E-state index contributed by atoms with van der Waals surface area (Å²) in [6, 6.07) is 9.12. The van der Waals surface area contributed by atoms with Gasteiger partial charge in [-0.1, -0.05) is 23.7 Å². The lowest BCUT2D eigenvalue weighted by Gasteiger charge is -2.09. The number of carbonyl (C=O) groups is 1. The third-order valence-corrected chi connectivity index (χ3v) is 6.37. The second-order valence-electron chi connectivity index (χ2n) is 6.21. The van der Waals surface area contributed by atoms with Gasteiger partial charge >= 0.3 is 0 Å². The molecular weight excluding hydrogens is 416 g/mol. The number of amides is 1. The quantitative estimate of drug-likeness (QED) is 0.517. The van der Waals surface area contributed by atoms with E-state index in [9.17, 15) is 9.59 Å². The molecular formula is C19H15ClN4O2S2. The Kier molecular flexibility index (Phi) is 5.01. The molecule has 1 aromatic carbocycles. The van der Waals surface area contributed by atoms with E-state index in [0.29, 0.717) is 21.9 Å². The monoisotopic (exact) mass is 430 g/mol. The summed E-state index contributed by atoms with van der Waals surface area (Å²) in [6.07, 6.45) is 0. The second kappa shape index (κ2) is 7.46. The van der Waals surface area contributed by atoms with Crippen molar-refractivity contribution in [3.05, 3.63) is 61.7 Å². The number of hydrogen-bond acceptors (Lipinski definition) is 6. The third-order valence-electron chi connectivity index (χ3n) is 4.11. The normalized spacial score (nSPS) is 11.1. The molecule has 0 atom stereocenters. The third kappa shape index (κ3) is 3.58. The van der Waals surface area contributed by atoms with Gasteiger partial charge in [-0.25, -0.2) is 9.67 Å².